The number of aliphatic hydroxyl groups is 1. The highest BCUT2D eigenvalue weighted by Crippen LogP contribution is 2.32. The lowest BCUT2D eigenvalue weighted by molar-refractivity contribution is 0.0493. The molecule has 0 unspecified atom stereocenters. The van der Waals surface area contributed by atoms with Crippen molar-refractivity contribution in [1.29, 1.82) is 0 Å². The Kier molecular flexibility index (Phi) is 4.39. The maximum Gasteiger partial charge on any atom is 0.137 e. The van der Waals surface area contributed by atoms with E-state index in [9.17, 15) is 5.11 Å². The Balaban J connectivity index is 1.39. The number of nitrogens with zero attached hydrogens (tertiary/aromatic N) is 3. The Morgan fingerprint density at radius 3 is 2.83 bits per heavy atom. The van der Waals surface area contributed by atoms with Crippen LogP contribution in [0, 0.1) is 5.92 Å². The highest BCUT2D eigenvalue weighted by Gasteiger charge is 2.28. The number of aromatic nitrogens is 2. The molecular weight excluding hydrogens is 318 g/mol. The molecule has 4 rings (SSSR count). The van der Waals surface area contributed by atoms with Crippen molar-refractivity contribution in [3.63, 3.8) is 0 Å². The second kappa shape index (κ2) is 6.67. The van der Waals surface area contributed by atoms with Crippen LogP contribution < -0.4 is 0 Å². The number of fused-ring (bicyclic) bond motifs is 1. The first-order valence-electron chi connectivity index (χ1n) is 8.55. The summed E-state index contributed by atoms with van der Waals surface area (Å²) in [7, 11) is 1.95. The van der Waals surface area contributed by atoms with Crippen molar-refractivity contribution >= 4 is 21.4 Å². The van der Waals surface area contributed by atoms with E-state index in [1.165, 1.54) is 15.6 Å². The molecule has 1 atom stereocenters. The molecule has 0 saturated carbocycles. The van der Waals surface area contributed by atoms with Gasteiger partial charge < -0.3 is 9.67 Å². The summed E-state index contributed by atoms with van der Waals surface area (Å²) in [5, 5.41) is 14.3. The first kappa shape index (κ1) is 15.8. The number of piperidine rings is 1. The smallest absolute Gasteiger partial charge is 0.137 e. The number of thiophene rings is 1. The third kappa shape index (κ3) is 2.99. The molecule has 1 saturated heterocycles. The molecule has 1 fully saturated rings. The molecule has 126 valence electrons. The minimum absolute atomic E-state index is 0.307. The van der Waals surface area contributed by atoms with E-state index in [1.807, 2.05) is 29.1 Å². The molecule has 1 aliphatic rings. The predicted molar refractivity (Wildman–Crippen MR) is 98.0 cm³/mol. The minimum atomic E-state index is -0.450. The van der Waals surface area contributed by atoms with Gasteiger partial charge in [0.25, 0.3) is 0 Å². The van der Waals surface area contributed by atoms with Gasteiger partial charge in [-0.1, -0.05) is 18.2 Å². The van der Waals surface area contributed by atoms with E-state index in [0.717, 1.165) is 38.3 Å². The summed E-state index contributed by atoms with van der Waals surface area (Å²) in [5.41, 5.74) is 1.43. The van der Waals surface area contributed by atoms with Gasteiger partial charge in [0, 0.05) is 30.7 Å². The number of aryl methyl sites for hydroxylation is 1. The Morgan fingerprint density at radius 1 is 1.29 bits per heavy atom. The molecule has 3 aromatic rings. The van der Waals surface area contributed by atoms with Crippen LogP contribution in [0.3, 0.4) is 0 Å². The average Bonchev–Trinajstić information content (AvgIpc) is 3.22. The van der Waals surface area contributed by atoms with E-state index in [2.05, 4.69) is 39.5 Å². The third-order valence-electron chi connectivity index (χ3n) is 5.16. The van der Waals surface area contributed by atoms with E-state index >= 15 is 0 Å². The summed E-state index contributed by atoms with van der Waals surface area (Å²) in [6.45, 7) is 3.09. The van der Waals surface area contributed by atoms with Crippen molar-refractivity contribution in [2.75, 3.05) is 13.1 Å². The normalized spacial score (nSPS) is 18.2. The van der Waals surface area contributed by atoms with Crippen molar-refractivity contribution in [1.82, 2.24) is 14.5 Å². The summed E-state index contributed by atoms with van der Waals surface area (Å²) < 4.78 is 3.29. The number of rotatable bonds is 4. The maximum absolute atomic E-state index is 10.6. The molecule has 2 aromatic heterocycles. The fraction of sp³-hybridized carbons (Fsp3) is 0.421. The lowest BCUT2D eigenvalue weighted by Gasteiger charge is -2.33. The van der Waals surface area contributed by atoms with Crippen LogP contribution in [0.25, 0.3) is 10.1 Å². The van der Waals surface area contributed by atoms with Crippen LogP contribution in [0.15, 0.2) is 42.0 Å². The van der Waals surface area contributed by atoms with E-state index in [-0.39, 0.29) is 0 Å². The third-order valence-corrected chi connectivity index (χ3v) is 6.17. The van der Waals surface area contributed by atoms with Crippen LogP contribution in [0.5, 0.6) is 0 Å². The second-order valence-electron chi connectivity index (χ2n) is 6.71. The molecule has 0 spiro atoms. The molecule has 0 aliphatic carbocycles. The van der Waals surface area contributed by atoms with Gasteiger partial charge in [0.15, 0.2) is 0 Å². The van der Waals surface area contributed by atoms with Gasteiger partial charge in [0.05, 0.1) is 0 Å². The predicted octanol–water partition coefficient (Wildman–Crippen LogP) is 3.58. The zero-order valence-corrected chi connectivity index (χ0v) is 14.7. The molecule has 1 N–H and O–H groups in total. The second-order valence-corrected chi connectivity index (χ2v) is 7.62. The molecule has 3 heterocycles. The zero-order valence-electron chi connectivity index (χ0n) is 13.9. The molecule has 1 aliphatic heterocycles. The lowest BCUT2D eigenvalue weighted by atomic mass is 9.90. The SMILES string of the molecule is Cn1ccnc1[C@H](O)C1CCN(Cc2csc3ccccc23)CC1. The molecular formula is C19H23N3OS. The monoisotopic (exact) mass is 341 g/mol. The van der Waals surface area contributed by atoms with Crippen molar-refractivity contribution in [3.05, 3.63) is 53.4 Å². The molecule has 24 heavy (non-hydrogen) atoms. The Labute approximate surface area is 146 Å². The first-order chi connectivity index (χ1) is 11.7. The van der Waals surface area contributed by atoms with Gasteiger partial charge in [-0.25, -0.2) is 4.98 Å². The van der Waals surface area contributed by atoms with Crippen LogP contribution in [-0.4, -0.2) is 32.6 Å². The van der Waals surface area contributed by atoms with Gasteiger partial charge in [-0.2, -0.15) is 0 Å². The lowest BCUT2D eigenvalue weighted by Crippen LogP contribution is -2.35. The van der Waals surface area contributed by atoms with Crippen LogP contribution in [-0.2, 0) is 13.6 Å². The summed E-state index contributed by atoms with van der Waals surface area (Å²) in [6, 6.07) is 8.64. The Hall–Kier alpha value is -1.69. The van der Waals surface area contributed by atoms with E-state index in [0.29, 0.717) is 5.92 Å². The van der Waals surface area contributed by atoms with Crippen molar-refractivity contribution < 1.29 is 5.11 Å². The van der Waals surface area contributed by atoms with Gasteiger partial charge in [-0.15, -0.1) is 11.3 Å². The van der Waals surface area contributed by atoms with Gasteiger partial charge in [0.1, 0.15) is 11.9 Å². The van der Waals surface area contributed by atoms with Gasteiger partial charge in [-0.3, -0.25) is 4.90 Å². The summed E-state index contributed by atoms with van der Waals surface area (Å²) in [6.07, 6.45) is 5.26. The van der Waals surface area contributed by atoms with Gasteiger partial charge in [-0.05, 0) is 54.2 Å². The fourth-order valence-electron chi connectivity index (χ4n) is 3.70. The van der Waals surface area contributed by atoms with E-state index in [1.54, 1.807) is 6.20 Å². The summed E-state index contributed by atoms with van der Waals surface area (Å²) in [5.74, 6) is 1.10. The molecule has 0 amide bonds. The largest absolute Gasteiger partial charge is 0.385 e. The number of likely N-dealkylation sites (tertiary alicyclic amines) is 1. The van der Waals surface area contributed by atoms with E-state index < -0.39 is 6.10 Å². The minimum Gasteiger partial charge on any atom is -0.385 e. The average molecular weight is 341 g/mol. The van der Waals surface area contributed by atoms with Crippen LogP contribution >= 0.6 is 11.3 Å². The summed E-state index contributed by atoms with van der Waals surface area (Å²) >= 11 is 1.83. The molecule has 1 aromatic carbocycles. The fourth-order valence-corrected chi connectivity index (χ4v) is 4.65. The van der Waals surface area contributed by atoms with Crippen LogP contribution in [0.4, 0.5) is 0 Å². The summed E-state index contributed by atoms with van der Waals surface area (Å²) in [4.78, 5) is 6.82. The van der Waals surface area contributed by atoms with Gasteiger partial charge in [0.2, 0.25) is 0 Å². The number of benzene rings is 1. The van der Waals surface area contributed by atoms with Crippen molar-refractivity contribution in [3.8, 4) is 0 Å². The molecule has 5 heteroatoms. The first-order valence-corrected chi connectivity index (χ1v) is 9.43. The topological polar surface area (TPSA) is 41.3 Å². The highest BCUT2D eigenvalue weighted by atomic mass is 32.1. The van der Waals surface area contributed by atoms with Crippen molar-refractivity contribution in [2.45, 2.75) is 25.5 Å². The molecule has 0 bridgehead atoms. The van der Waals surface area contributed by atoms with E-state index in [4.69, 9.17) is 0 Å². The quantitative estimate of drug-likeness (QED) is 0.788. The number of hydrogen-bond donors (Lipinski definition) is 1. The standard InChI is InChI=1S/C19H23N3OS/c1-21-11-8-20-19(21)18(23)14-6-9-22(10-7-14)12-15-13-24-17-5-3-2-4-16(15)17/h2-5,8,11,13-14,18,23H,6-7,9-10,12H2,1H3/t18-/m1/s1. The van der Waals surface area contributed by atoms with Crippen LogP contribution in [0.2, 0.25) is 0 Å². The highest BCUT2D eigenvalue weighted by molar-refractivity contribution is 7.17. The molecule has 0 radical (unpaired) electrons. The van der Waals surface area contributed by atoms with Crippen molar-refractivity contribution in [2.24, 2.45) is 13.0 Å². The van der Waals surface area contributed by atoms with Crippen LogP contribution in [0.1, 0.15) is 30.3 Å². The Bertz CT molecular complexity index is 817. The number of hydrogen-bond acceptors (Lipinski definition) is 4. The Morgan fingerprint density at radius 2 is 2.08 bits per heavy atom. The maximum atomic E-state index is 10.6. The van der Waals surface area contributed by atoms with Gasteiger partial charge >= 0.3 is 0 Å². The zero-order chi connectivity index (χ0) is 16.5. The number of imidazole rings is 1. The number of aliphatic hydroxyl groups excluding tert-OH is 1. The molecule has 4 nitrogen and oxygen atoms in total.